The van der Waals surface area contributed by atoms with E-state index >= 15 is 0 Å². The van der Waals surface area contributed by atoms with Crippen molar-refractivity contribution in [3.8, 4) is 0 Å². The number of rotatable bonds is 14. The number of carboxylic acids is 1. The van der Waals surface area contributed by atoms with Gasteiger partial charge in [-0.3, -0.25) is 9.59 Å². The summed E-state index contributed by atoms with van der Waals surface area (Å²) in [7, 11) is 0. The fourth-order valence-electron chi connectivity index (χ4n) is 4.08. The summed E-state index contributed by atoms with van der Waals surface area (Å²) in [5.41, 5.74) is 2.28. The number of hydrogen-bond acceptors (Lipinski definition) is 3. The zero-order valence-electron chi connectivity index (χ0n) is 16.3. The molecule has 2 aliphatic carbocycles. The molecule has 2 saturated carbocycles. The maximum absolute atomic E-state index is 11.2. The first kappa shape index (κ1) is 19.9. The van der Waals surface area contributed by atoms with Crippen molar-refractivity contribution in [2.45, 2.75) is 89.1 Å². The van der Waals surface area contributed by atoms with Crippen molar-refractivity contribution in [1.29, 1.82) is 0 Å². The molecule has 0 radical (unpaired) electrons. The minimum absolute atomic E-state index is 0.122. The Kier molecular flexibility index (Phi) is 6.56. The van der Waals surface area contributed by atoms with Crippen LogP contribution in [0.5, 0.6) is 0 Å². The zero-order valence-corrected chi connectivity index (χ0v) is 16.3. The summed E-state index contributed by atoms with van der Waals surface area (Å²) in [6, 6.07) is 8.85. The summed E-state index contributed by atoms with van der Waals surface area (Å²) >= 11 is 0. The lowest BCUT2D eigenvalue weighted by atomic mass is 9.96. The van der Waals surface area contributed by atoms with E-state index in [1.807, 2.05) is 0 Å². The van der Waals surface area contributed by atoms with Crippen molar-refractivity contribution in [2.24, 2.45) is 5.41 Å². The number of aryl methyl sites for hydroxylation is 2. The number of benzene rings is 1. The quantitative estimate of drug-likeness (QED) is 0.366. The van der Waals surface area contributed by atoms with Crippen molar-refractivity contribution < 1.29 is 19.4 Å². The Balaban J connectivity index is 1.30. The van der Waals surface area contributed by atoms with Crippen LogP contribution in [-0.2, 0) is 27.2 Å². The maximum atomic E-state index is 11.2. The number of aliphatic carboxylic acids is 1. The van der Waals surface area contributed by atoms with Gasteiger partial charge in [-0.2, -0.15) is 0 Å². The third-order valence-electron chi connectivity index (χ3n) is 6.37. The second kappa shape index (κ2) is 8.90. The summed E-state index contributed by atoms with van der Waals surface area (Å²) in [5.74, 6) is -0.597. The lowest BCUT2D eigenvalue weighted by Crippen LogP contribution is -2.14. The highest BCUT2D eigenvalue weighted by atomic mass is 16.5. The van der Waals surface area contributed by atoms with Gasteiger partial charge in [0.1, 0.15) is 5.60 Å². The minimum Gasteiger partial charge on any atom is -0.481 e. The first-order valence-corrected chi connectivity index (χ1v) is 10.5. The van der Waals surface area contributed by atoms with Crippen molar-refractivity contribution in [3.63, 3.8) is 0 Å². The van der Waals surface area contributed by atoms with E-state index in [-0.39, 0.29) is 11.0 Å². The van der Waals surface area contributed by atoms with Gasteiger partial charge in [0, 0.05) is 0 Å². The van der Waals surface area contributed by atoms with Gasteiger partial charge in [-0.15, -0.1) is 0 Å². The predicted molar refractivity (Wildman–Crippen MR) is 105 cm³/mol. The van der Waals surface area contributed by atoms with E-state index in [0.29, 0.717) is 6.47 Å². The zero-order chi connectivity index (χ0) is 19.2. The standard InChI is InChI=1S/C23H32O4/c24-18-27-23(15-16-23)12-5-3-8-20-10-6-9-19(17-20)7-2-1-4-11-22(13-14-22)21(25)26/h6,9-10,17-18H,1-5,7-8,11-16H2,(H,25,26). The molecule has 0 saturated heterocycles. The van der Waals surface area contributed by atoms with Gasteiger partial charge in [-0.25, -0.2) is 0 Å². The molecule has 1 aromatic carbocycles. The molecule has 4 heteroatoms. The SMILES string of the molecule is O=COC1(CCCCc2cccc(CCCCCC3(C(=O)O)CC3)c2)CC1. The molecule has 0 atom stereocenters. The van der Waals surface area contributed by atoms with Crippen LogP contribution in [0, 0.1) is 5.41 Å². The fraction of sp³-hybridized carbons (Fsp3) is 0.652. The molecule has 2 aliphatic rings. The van der Waals surface area contributed by atoms with Crippen LogP contribution in [0.2, 0.25) is 0 Å². The molecule has 0 spiro atoms. The second-order valence-electron chi connectivity index (χ2n) is 8.57. The molecule has 0 bridgehead atoms. The molecule has 0 aromatic heterocycles. The van der Waals surface area contributed by atoms with E-state index in [0.717, 1.165) is 83.5 Å². The average Bonchev–Trinajstić information content (AvgIpc) is 3.56. The van der Waals surface area contributed by atoms with Crippen LogP contribution in [0.25, 0.3) is 0 Å². The lowest BCUT2D eigenvalue weighted by Gasteiger charge is -2.12. The van der Waals surface area contributed by atoms with Gasteiger partial charge in [0.15, 0.2) is 0 Å². The normalized spacial score (nSPS) is 18.7. The number of carboxylic acid groups (broad SMARTS) is 1. The average molecular weight is 373 g/mol. The van der Waals surface area contributed by atoms with Crippen LogP contribution in [0.3, 0.4) is 0 Å². The summed E-state index contributed by atoms with van der Waals surface area (Å²) < 4.78 is 5.20. The smallest absolute Gasteiger partial charge is 0.309 e. The van der Waals surface area contributed by atoms with Crippen molar-refractivity contribution in [3.05, 3.63) is 35.4 Å². The molecule has 1 N–H and O–H groups in total. The third kappa shape index (κ3) is 5.82. The molecular weight excluding hydrogens is 340 g/mol. The molecule has 0 unspecified atom stereocenters. The van der Waals surface area contributed by atoms with Gasteiger partial charge in [0.2, 0.25) is 0 Å². The largest absolute Gasteiger partial charge is 0.481 e. The molecule has 1 aromatic rings. The first-order valence-electron chi connectivity index (χ1n) is 10.5. The van der Waals surface area contributed by atoms with Crippen molar-refractivity contribution in [2.75, 3.05) is 0 Å². The Bertz CT molecular complexity index is 644. The molecule has 27 heavy (non-hydrogen) atoms. The van der Waals surface area contributed by atoms with Crippen molar-refractivity contribution in [1.82, 2.24) is 0 Å². The van der Waals surface area contributed by atoms with Gasteiger partial charge in [-0.1, -0.05) is 37.1 Å². The van der Waals surface area contributed by atoms with E-state index in [1.54, 1.807) is 0 Å². The van der Waals surface area contributed by atoms with Gasteiger partial charge < -0.3 is 9.84 Å². The van der Waals surface area contributed by atoms with E-state index in [9.17, 15) is 14.7 Å². The number of ether oxygens (including phenoxy) is 1. The molecule has 0 aliphatic heterocycles. The highest BCUT2D eigenvalue weighted by molar-refractivity contribution is 5.77. The van der Waals surface area contributed by atoms with E-state index in [2.05, 4.69) is 24.3 Å². The second-order valence-corrected chi connectivity index (χ2v) is 8.57. The Morgan fingerprint density at radius 3 is 2.15 bits per heavy atom. The van der Waals surface area contributed by atoms with Crippen molar-refractivity contribution >= 4 is 12.4 Å². The van der Waals surface area contributed by atoms with Crippen LogP contribution < -0.4 is 0 Å². The van der Waals surface area contributed by atoms with Gasteiger partial charge in [0.05, 0.1) is 5.41 Å². The summed E-state index contributed by atoms with van der Waals surface area (Å²) in [6.45, 7) is 0.600. The Hall–Kier alpha value is -1.84. The molecule has 148 valence electrons. The van der Waals surface area contributed by atoms with E-state index < -0.39 is 5.97 Å². The van der Waals surface area contributed by atoms with E-state index in [4.69, 9.17) is 4.74 Å². The van der Waals surface area contributed by atoms with Gasteiger partial charge in [-0.05, 0) is 81.8 Å². The number of unbranched alkanes of at least 4 members (excludes halogenated alkanes) is 3. The molecule has 3 rings (SSSR count). The van der Waals surface area contributed by atoms with Crippen LogP contribution in [-0.4, -0.2) is 23.1 Å². The van der Waals surface area contributed by atoms with E-state index in [1.165, 1.54) is 11.1 Å². The predicted octanol–water partition coefficient (Wildman–Crippen LogP) is 5.07. The van der Waals surface area contributed by atoms with Crippen LogP contribution >= 0.6 is 0 Å². The molecule has 0 heterocycles. The fourth-order valence-corrected chi connectivity index (χ4v) is 4.08. The van der Waals surface area contributed by atoms with Gasteiger partial charge in [0.25, 0.3) is 6.47 Å². The summed E-state index contributed by atoms with van der Waals surface area (Å²) in [5, 5.41) is 9.21. The minimum atomic E-state index is -0.597. The lowest BCUT2D eigenvalue weighted by molar-refractivity contribution is -0.143. The molecule has 2 fully saturated rings. The molecule has 4 nitrogen and oxygen atoms in total. The Morgan fingerprint density at radius 2 is 1.59 bits per heavy atom. The maximum Gasteiger partial charge on any atom is 0.309 e. The summed E-state index contributed by atoms with van der Waals surface area (Å²) in [6.07, 6.45) is 13.3. The highest BCUT2D eigenvalue weighted by Crippen LogP contribution is 2.50. The van der Waals surface area contributed by atoms with Gasteiger partial charge >= 0.3 is 5.97 Å². The van der Waals surface area contributed by atoms with Crippen LogP contribution in [0.15, 0.2) is 24.3 Å². The monoisotopic (exact) mass is 372 g/mol. The molecular formula is C23H32O4. The Morgan fingerprint density at radius 1 is 0.963 bits per heavy atom. The number of carbonyl (C=O) groups excluding carboxylic acids is 1. The molecule has 0 amide bonds. The van der Waals surface area contributed by atoms with Crippen LogP contribution in [0.1, 0.15) is 81.8 Å². The topological polar surface area (TPSA) is 63.6 Å². The number of hydrogen-bond donors (Lipinski definition) is 1. The number of carbonyl (C=O) groups is 2. The Labute approximate surface area is 162 Å². The first-order chi connectivity index (χ1) is 13.1. The summed E-state index contributed by atoms with van der Waals surface area (Å²) in [4.78, 5) is 21.7. The highest BCUT2D eigenvalue weighted by Gasteiger charge is 2.49. The van der Waals surface area contributed by atoms with Crippen LogP contribution in [0.4, 0.5) is 0 Å². The third-order valence-corrected chi connectivity index (χ3v) is 6.37.